The number of hydrazone groups is 1. The molecule has 2 heterocycles. The van der Waals surface area contributed by atoms with Gasteiger partial charge in [0, 0.05) is 29.5 Å². The number of hydrogen-bond donors (Lipinski definition) is 1. The summed E-state index contributed by atoms with van der Waals surface area (Å²) >= 11 is 3.55. The molecule has 2 atom stereocenters. The van der Waals surface area contributed by atoms with Gasteiger partial charge in [0.25, 0.3) is 0 Å². The Morgan fingerprint density at radius 3 is 2.74 bits per heavy atom. The zero-order valence-corrected chi connectivity index (χ0v) is 17.0. The third kappa shape index (κ3) is 3.18. The van der Waals surface area contributed by atoms with Gasteiger partial charge in [-0.25, -0.2) is 5.01 Å². The second-order valence-corrected chi connectivity index (χ2v) is 7.88. The molecule has 27 heavy (non-hydrogen) atoms. The zero-order chi connectivity index (χ0) is 19.2. The number of ether oxygens (including phenoxy) is 2. The van der Waals surface area contributed by atoms with Crippen molar-refractivity contribution in [2.24, 2.45) is 5.10 Å². The van der Waals surface area contributed by atoms with Crippen LogP contribution in [0.5, 0.6) is 11.5 Å². The summed E-state index contributed by atoms with van der Waals surface area (Å²) in [4.78, 5) is 0. The largest absolute Gasteiger partial charge is 0.513 e. The number of methoxy groups -OCH3 is 1. The average Bonchev–Trinajstić information content (AvgIpc) is 3.09. The van der Waals surface area contributed by atoms with E-state index in [0.29, 0.717) is 0 Å². The first-order valence-corrected chi connectivity index (χ1v) is 9.57. The molecular formula is C21H21BrN2O3. The molecule has 0 saturated heterocycles. The van der Waals surface area contributed by atoms with Crippen molar-refractivity contribution in [3.8, 4) is 11.5 Å². The lowest BCUT2D eigenvalue weighted by molar-refractivity contribution is -0.0698. The van der Waals surface area contributed by atoms with Crippen molar-refractivity contribution < 1.29 is 14.6 Å². The van der Waals surface area contributed by atoms with Gasteiger partial charge in [-0.05, 0) is 55.0 Å². The number of nitrogens with zero attached hydrogens (tertiary/aromatic N) is 2. The average molecular weight is 429 g/mol. The Labute approximate surface area is 167 Å². The van der Waals surface area contributed by atoms with Gasteiger partial charge in [0.15, 0.2) is 0 Å². The highest BCUT2D eigenvalue weighted by Gasteiger charge is 2.46. The Kier molecular flexibility index (Phi) is 4.38. The quantitative estimate of drug-likeness (QED) is 0.684. The summed E-state index contributed by atoms with van der Waals surface area (Å²) in [6.45, 7) is 3.57. The van der Waals surface area contributed by atoms with Crippen molar-refractivity contribution in [1.82, 2.24) is 5.01 Å². The Bertz CT molecular complexity index is 935. The number of aliphatic hydroxyl groups excluding tert-OH is 1. The molecular weight excluding hydrogens is 408 g/mol. The van der Waals surface area contributed by atoms with Crippen molar-refractivity contribution in [1.29, 1.82) is 0 Å². The molecule has 140 valence electrons. The smallest absolute Gasteiger partial charge is 0.218 e. The highest BCUT2D eigenvalue weighted by atomic mass is 79.9. The van der Waals surface area contributed by atoms with Gasteiger partial charge in [-0.3, -0.25) is 0 Å². The van der Waals surface area contributed by atoms with Crippen molar-refractivity contribution in [3.05, 3.63) is 69.9 Å². The fourth-order valence-corrected chi connectivity index (χ4v) is 4.12. The topological polar surface area (TPSA) is 54.3 Å². The fourth-order valence-electron chi connectivity index (χ4n) is 3.74. The maximum Gasteiger partial charge on any atom is 0.218 e. The maximum absolute atomic E-state index is 9.91. The predicted molar refractivity (Wildman–Crippen MR) is 108 cm³/mol. The van der Waals surface area contributed by atoms with Gasteiger partial charge < -0.3 is 14.6 Å². The fraction of sp³-hybridized carbons (Fsp3) is 0.286. The summed E-state index contributed by atoms with van der Waals surface area (Å²) in [5.41, 5.74) is 2.25. The van der Waals surface area contributed by atoms with Crippen LogP contribution in [0.25, 0.3) is 0 Å². The van der Waals surface area contributed by atoms with Gasteiger partial charge >= 0.3 is 0 Å². The number of aliphatic hydroxyl groups is 1. The molecule has 5 nitrogen and oxygen atoms in total. The molecule has 1 N–H and O–H groups in total. The maximum atomic E-state index is 9.91. The summed E-state index contributed by atoms with van der Waals surface area (Å²) in [6, 6.07) is 13.9. The molecule has 0 fully saturated rings. The molecule has 0 unspecified atom stereocenters. The van der Waals surface area contributed by atoms with Gasteiger partial charge in [0.05, 0.1) is 24.6 Å². The van der Waals surface area contributed by atoms with Gasteiger partial charge in [-0.2, -0.15) is 5.10 Å². The Balaban J connectivity index is 1.79. The third-order valence-electron chi connectivity index (χ3n) is 4.91. The number of rotatable bonds is 3. The van der Waals surface area contributed by atoms with Crippen LogP contribution in [-0.2, 0) is 0 Å². The molecule has 6 heteroatoms. The molecule has 2 aliphatic rings. The van der Waals surface area contributed by atoms with Crippen molar-refractivity contribution in [2.75, 3.05) is 7.11 Å². The van der Waals surface area contributed by atoms with E-state index < -0.39 is 5.72 Å². The molecule has 0 amide bonds. The summed E-state index contributed by atoms with van der Waals surface area (Å²) in [5.74, 6) is 1.83. The third-order valence-corrected chi connectivity index (χ3v) is 5.41. The molecule has 0 spiro atoms. The molecule has 0 saturated carbocycles. The number of halogens is 1. The van der Waals surface area contributed by atoms with E-state index >= 15 is 0 Å². The van der Waals surface area contributed by atoms with Crippen LogP contribution in [0.2, 0.25) is 0 Å². The lowest BCUT2D eigenvalue weighted by Gasteiger charge is -2.44. The second kappa shape index (κ2) is 6.60. The van der Waals surface area contributed by atoms with E-state index in [0.717, 1.165) is 39.2 Å². The molecule has 0 bridgehead atoms. The van der Waals surface area contributed by atoms with E-state index in [-0.39, 0.29) is 11.8 Å². The van der Waals surface area contributed by atoms with E-state index in [1.807, 2.05) is 48.3 Å². The van der Waals surface area contributed by atoms with Crippen LogP contribution in [0, 0.1) is 0 Å². The van der Waals surface area contributed by atoms with E-state index in [4.69, 9.17) is 14.6 Å². The van der Waals surface area contributed by atoms with E-state index in [1.165, 1.54) is 0 Å². The van der Waals surface area contributed by atoms with E-state index in [2.05, 4.69) is 22.0 Å². The van der Waals surface area contributed by atoms with Crippen LogP contribution in [0.3, 0.4) is 0 Å². The highest BCUT2D eigenvalue weighted by Crippen LogP contribution is 2.48. The monoisotopic (exact) mass is 428 g/mol. The standard InChI is InChI=1S/C21H21BrN2O3/c1-13(25)12-21(2)24-19(17-10-15(22)6-9-20(17)27-21)11-18(23-24)14-4-7-16(26-3)8-5-14/h4-10,12,19,25H,11H2,1-3H3/b13-12+/t19-,21+/m0/s1. The van der Waals surface area contributed by atoms with E-state index in [9.17, 15) is 5.11 Å². The minimum atomic E-state index is -0.863. The van der Waals surface area contributed by atoms with E-state index in [1.54, 1.807) is 20.1 Å². The van der Waals surface area contributed by atoms with Crippen LogP contribution < -0.4 is 9.47 Å². The molecule has 0 aliphatic carbocycles. The van der Waals surface area contributed by atoms with Crippen molar-refractivity contribution in [3.63, 3.8) is 0 Å². The second-order valence-electron chi connectivity index (χ2n) is 6.96. The van der Waals surface area contributed by atoms with Crippen LogP contribution in [0.4, 0.5) is 0 Å². The lowest BCUT2D eigenvalue weighted by Crippen LogP contribution is -2.50. The first kappa shape index (κ1) is 17.9. The molecule has 0 radical (unpaired) electrons. The minimum absolute atomic E-state index is 0.0314. The molecule has 2 aliphatic heterocycles. The predicted octanol–water partition coefficient (Wildman–Crippen LogP) is 5.18. The normalized spacial score (nSPS) is 24.0. The van der Waals surface area contributed by atoms with Crippen molar-refractivity contribution >= 4 is 21.6 Å². The Morgan fingerprint density at radius 1 is 1.33 bits per heavy atom. The van der Waals surface area contributed by atoms with Gasteiger partial charge in [0.2, 0.25) is 5.72 Å². The Hall–Kier alpha value is -2.47. The summed E-state index contributed by atoms with van der Waals surface area (Å²) in [7, 11) is 1.66. The number of benzene rings is 2. The SMILES string of the molecule is COc1ccc(C2=NN3[C@@H](C2)c2cc(Br)ccc2O[C@]3(C)/C=C(\C)O)cc1. The summed E-state index contributed by atoms with van der Waals surface area (Å²) in [5, 5.41) is 16.7. The molecule has 0 aromatic heterocycles. The van der Waals surface area contributed by atoms with Gasteiger partial charge in [-0.15, -0.1) is 0 Å². The molecule has 2 aromatic rings. The van der Waals surface area contributed by atoms with Crippen molar-refractivity contribution in [2.45, 2.75) is 32.0 Å². The summed E-state index contributed by atoms with van der Waals surface area (Å²) in [6.07, 6.45) is 2.46. The molecule has 2 aromatic carbocycles. The first-order chi connectivity index (χ1) is 12.9. The van der Waals surface area contributed by atoms with Crippen LogP contribution in [0.1, 0.15) is 37.4 Å². The van der Waals surface area contributed by atoms with Crippen LogP contribution in [0.15, 0.2) is 63.9 Å². The first-order valence-electron chi connectivity index (χ1n) is 8.78. The zero-order valence-electron chi connectivity index (χ0n) is 15.4. The van der Waals surface area contributed by atoms with Gasteiger partial charge in [0.1, 0.15) is 11.5 Å². The summed E-state index contributed by atoms with van der Waals surface area (Å²) < 4.78 is 12.5. The minimum Gasteiger partial charge on any atom is -0.513 e. The van der Waals surface area contributed by atoms with Gasteiger partial charge in [-0.1, -0.05) is 15.9 Å². The molecule has 4 rings (SSSR count). The number of fused-ring (bicyclic) bond motifs is 3. The Morgan fingerprint density at radius 2 is 2.07 bits per heavy atom. The lowest BCUT2D eigenvalue weighted by atomic mass is 9.94. The van der Waals surface area contributed by atoms with Crippen LogP contribution >= 0.6 is 15.9 Å². The highest BCUT2D eigenvalue weighted by molar-refractivity contribution is 9.10. The number of hydrogen-bond acceptors (Lipinski definition) is 5. The number of allylic oxidation sites excluding steroid dienone is 1. The van der Waals surface area contributed by atoms with Crippen LogP contribution in [-0.4, -0.2) is 28.7 Å².